The van der Waals surface area contributed by atoms with Gasteiger partial charge < -0.3 is 9.66 Å². The van der Waals surface area contributed by atoms with Crippen LogP contribution in [0.5, 0.6) is 0 Å². The van der Waals surface area contributed by atoms with Gasteiger partial charge in [0.05, 0.1) is 26.3 Å². The zero-order chi connectivity index (χ0) is 21.3. The van der Waals surface area contributed by atoms with Crippen molar-refractivity contribution in [3.8, 4) is 0 Å². The van der Waals surface area contributed by atoms with Crippen LogP contribution in [-0.2, 0) is 14.6 Å². The Bertz CT molecular complexity index is 511. The quantitative estimate of drug-likeness (QED) is 0.188. The summed E-state index contributed by atoms with van der Waals surface area (Å²) in [5.74, 6) is 1.36. The Morgan fingerprint density at radius 2 is 1.61 bits per heavy atom. The van der Waals surface area contributed by atoms with Gasteiger partial charge in [0.25, 0.3) is 0 Å². The standard InChI is InChI=1S/C18H37N2O.C2H6O4S/c1-3-5-6-7-8-9-10-11-12-13-18-19-14-15-20(18,4-2)16-17-21;1-2-6-7(3,4)5/h21H,3-17H2,1-2H3;2H2,1H3,(H,3,4,5)/q+1;/p-1. The smallest absolute Gasteiger partial charge is 0.217 e. The van der Waals surface area contributed by atoms with Gasteiger partial charge in [0, 0.05) is 6.42 Å². The number of unbranched alkanes of at least 4 members (excludes halogenated alkanes) is 8. The van der Waals surface area contributed by atoms with Crippen LogP contribution in [-0.4, -0.2) is 67.8 Å². The van der Waals surface area contributed by atoms with E-state index in [4.69, 9.17) is 4.99 Å². The highest BCUT2D eigenvalue weighted by Crippen LogP contribution is 2.20. The molecule has 1 aliphatic rings. The molecule has 1 rings (SSSR count). The number of quaternary nitrogens is 1. The van der Waals surface area contributed by atoms with E-state index in [0.29, 0.717) is 0 Å². The minimum atomic E-state index is -4.42. The molecule has 0 aromatic heterocycles. The van der Waals surface area contributed by atoms with Crippen molar-refractivity contribution < 1.29 is 26.7 Å². The Morgan fingerprint density at radius 1 is 1.04 bits per heavy atom. The van der Waals surface area contributed by atoms with Crippen molar-refractivity contribution >= 4 is 16.2 Å². The second kappa shape index (κ2) is 16.3. The van der Waals surface area contributed by atoms with Crippen molar-refractivity contribution in [1.29, 1.82) is 0 Å². The predicted molar refractivity (Wildman–Crippen MR) is 113 cm³/mol. The van der Waals surface area contributed by atoms with Crippen molar-refractivity contribution in [2.75, 3.05) is 39.4 Å². The number of rotatable bonds is 15. The van der Waals surface area contributed by atoms with Gasteiger partial charge >= 0.3 is 0 Å². The van der Waals surface area contributed by atoms with Gasteiger partial charge in [-0.05, 0) is 20.3 Å². The fraction of sp³-hybridized carbons (Fsp3) is 0.950. The fourth-order valence-corrected chi connectivity index (χ4v) is 3.92. The highest BCUT2D eigenvalue weighted by Gasteiger charge is 2.35. The summed E-state index contributed by atoms with van der Waals surface area (Å²) >= 11 is 0. The number of hydrogen-bond donors (Lipinski definition) is 1. The molecule has 1 atom stereocenters. The van der Waals surface area contributed by atoms with Gasteiger partial charge in [-0.25, -0.2) is 13.4 Å². The van der Waals surface area contributed by atoms with E-state index in [1.807, 2.05) is 0 Å². The number of nitrogens with zero attached hydrogens (tertiary/aromatic N) is 2. The van der Waals surface area contributed by atoms with Crippen LogP contribution in [0, 0.1) is 0 Å². The average Bonchev–Trinajstić information content (AvgIpc) is 3.03. The maximum absolute atomic E-state index is 9.45. The summed E-state index contributed by atoms with van der Waals surface area (Å²) in [5.41, 5.74) is 0. The van der Waals surface area contributed by atoms with Crippen LogP contribution in [0.25, 0.3) is 0 Å². The van der Waals surface area contributed by atoms with E-state index in [9.17, 15) is 18.1 Å². The lowest BCUT2D eigenvalue weighted by Crippen LogP contribution is -2.52. The van der Waals surface area contributed by atoms with Crippen molar-refractivity contribution in [3.63, 3.8) is 0 Å². The fourth-order valence-electron chi connectivity index (χ4n) is 3.63. The van der Waals surface area contributed by atoms with Crippen LogP contribution in [0.2, 0.25) is 0 Å². The summed E-state index contributed by atoms with van der Waals surface area (Å²) in [7, 11) is -4.42. The number of hydrogen-bond acceptors (Lipinski definition) is 6. The highest BCUT2D eigenvalue weighted by molar-refractivity contribution is 7.80. The lowest BCUT2D eigenvalue weighted by molar-refractivity contribution is -0.835. The Labute approximate surface area is 172 Å². The molecule has 0 fully saturated rings. The van der Waals surface area contributed by atoms with Crippen LogP contribution in [0.15, 0.2) is 4.99 Å². The lowest BCUT2D eigenvalue weighted by atomic mass is 10.1. The monoisotopic (exact) mass is 422 g/mol. The van der Waals surface area contributed by atoms with Crippen molar-refractivity contribution in [2.45, 2.75) is 85.0 Å². The van der Waals surface area contributed by atoms with Crippen LogP contribution in [0.3, 0.4) is 0 Å². The summed E-state index contributed by atoms with van der Waals surface area (Å²) in [6.07, 6.45) is 13.6. The second-order valence-corrected chi connectivity index (χ2v) is 8.38. The van der Waals surface area contributed by atoms with Gasteiger partial charge in [0.1, 0.15) is 13.1 Å². The zero-order valence-electron chi connectivity index (χ0n) is 18.2. The molecular weight excluding hydrogens is 380 g/mol. The van der Waals surface area contributed by atoms with Gasteiger partial charge in [-0.1, -0.05) is 58.3 Å². The molecule has 0 radical (unpaired) electrons. The third kappa shape index (κ3) is 12.8. The van der Waals surface area contributed by atoms with Crippen LogP contribution in [0.4, 0.5) is 0 Å². The molecule has 1 aliphatic heterocycles. The molecule has 7 nitrogen and oxygen atoms in total. The molecule has 0 amide bonds. The number of aliphatic imine (C=N–C) groups is 1. The first-order valence-corrected chi connectivity index (χ1v) is 12.3. The van der Waals surface area contributed by atoms with Gasteiger partial charge in [0.2, 0.25) is 10.4 Å². The minimum Gasteiger partial charge on any atom is -0.726 e. The summed E-state index contributed by atoms with van der Waals surface area (Å²) in [5, 5.41) is 9.30. The van der Waals surface area contributed by atoms with Crippen molar-refractivity contribution in [2.24, 2.45) is 4.99 Å². The molecule has 1 heterocycles. The number of aliphatic hydroxyl groups is 1. The van der Waals surface area contributed by atoms with Crippen molar-refractivity contribution in [3.05, 3.63) is 0 Å². The van der Waals surface area contributed by atoms with E-state index >= 15 is 0 Å². The molecule has 1 unspecified atom stereocenters. The zero-order valence-corrected chi connectivity index (χ0v) is 19.0. The Kier molecular flexibility index (Phi) is 16.0. The first-order chi connectivity index (χ1) is 13.3. The molecule has 0 aromatic rings. The van der Waals surface area contributed by atoms with Gasteiger partial charge in [0.15, 0.2) is 5.84 Å². The molecule has 0 bridgehead atoms. The van der Waals surface area contributed by atoms with Crippen LogP contribution in [0.1, 0.15) is 85.0 Å². The van der Waals surface area contributed by atoms with E-state index in [0.717, 1.165) is 37.1 Å². The molecule has 0 saturated heterocycles. The third-order valence-corrected chi connectivity index (χ3v) is 5.79. The Balaban J connectivity index is 0.000000887. The SMILES string of the molecule is CCCCCCCCCCCC1=NCC[N+]1(CC)CCO.CCOS(=O)(=O)[O-]. The highest BCUT2D eigenvalue weighted by atomic mass is 32.3. The lowest BCUT2D eigenvalue weighted by Gasteiger charge is -2.33. The summed E-state index contributed by atoms with van der Waals surface area (Å²) < 4.78 is 33.0. The predicted octanol–water partition coefficient (Wildman–Crippen LogP) is 3.63. The third-order valence-electron chi connectivity index (χ3n) is 5.27. The first kappa shape index (κ1) is 27.5. The van der Waals surface area contributed by atoms with Gasteiger partial charge in [-0.2, -0.15) is 0 Å². The molecule has 168 valence electrons. The summed E-state index contributed by atoms with van der Waals surface area (Å²) in [6.45, 7) is 10.1. The van der Waals surface area contributed by atoms with Crippen molar-refractivity contribution in [1.82, 2.24) is 0 Å². The molecule has 1 N–H and O–H groups in total. The molecule has 0 aromatic carbocycles. The second-order valence-electron chi connectivity index (χ2n) is 7.32. The van der Waals surface area contributed by atoms with Gasteiger partial charge in [-0.3, -0.25) is 8.67 Å². The molecule has 0 saturated carbocycles. The number of amidine groups is 1. The first-order valence-electron chi connectivity index (χ1n) is 11.0. The Hall–Kier alpha value is -0.540. The minimum absolute atomic E-state index is 0.0914. The molecule has 8 heteroatoms. The van der Waals surface area contributed by atoms with E-state index < -0.39 is 10.4 Å². The van der Waals surface area contributed by atoms with E-state index in [-0.39, 0.29) is 13.2 Å². The number of likely N-dealkylation sites (N-methyl/N-ethyl adjacent to an activating group) is 1. The van der Waals surface area contributed by atoms with E-state index in [1.54, 1.807) is 0 Å². The molecule has 0 aliphatic carbocycles. The largest absolute Gasteiger partial charge is 0.726 e. The topological polar surface area (TPSA) is 99.0 Å². The molecule has 28 heavy (non-hydrogen) atoms. The summed E-state index contributed by atoms with van der Waals surface area (Å²) in [6, 6.07) is 0. The van der Waals surface area contributed by atoms with E-state index in [1.165, 1.54) is 70.5 Å². The molecular formula is C20H42N2O5S. The molecule has 0 spiro atoms. The van der Waals surface area contributed by atoms with Crippen LogP contribution >= 0.6 is 0 Å². The van der Waals surface area contributed by atoms with Gasteiger partial charge in [-0.15, -0.1) is 0 Å². The summed E-state index contributed by atoms with van der Waals surface area (Å²) in [4.78, 5) is 4.72. The normalized spacial score (nSPS) is 19.2. The Morgan fingerprint density at radius 3 is 2.04 bits per heavy atom. The van der Waals surface area contributed by atoms with Crippen LogP contribution < -0.4 is 0 Å². The maximum atomic E-state index is 9.45. The number of aliphatic hydroxyl groups excluding tert-OH is 1. The maximum Gasteiger partial charge on any atom is 0.217 e. The average molecular weight is 423 g/mol. The van der Waals surface area contributed by atoms with E-state index in [2.05, 4.69) is 18.0 Å².